The van der Waals surface area contributed by atoms with E-state index in [-0.39, 0.29) is 35.2 Å². The second-order valence-electron chi connectivity index (χ2n) is 10.5. The van der Waals surface area contributed by atoms with Gasteiger partial charge in [-0.1, -0.05) is 12.8 Å². The molecule has 0 atom stereocenters. The molecular weight excluding hydrogens is 518 g/mol. The predicted octanol–water partition coefficient (Wildman–Crippen LogP) is 3.68. The van der Waals surface area contributed by atoms with Gasteiger partial charge in [0.1, 0.15) is 17.3 Å². The standard InChI is InChI=1S/C26H31F4N7O2/c1-35-9-7-15(8-10-35)32-23(38)17-11-19(28)20(12-18(17)27)33-25-31-13-21-22(34-25)37(16-5-3-4-6-16)14-26(29,30)24(39)36(21)2/h11-13,15-16H,3-10,14H2,1-2H3,(H,32,38)(H,31,33,34). The number of halogens is 4. The molecule has 210 valence electrons. The molecule has 2 aromatic rings. The first-order valence-corrected chi connectivity index (χ1v) is 13.1. The van der Waals surface area contributed by atoms with Crippen LogP contribution in [0.3, 0.4) is 0 Å². The van der Waals surface area contributed by atoms with Crippen LogP contribution in [-0.4, -0.2) is 78.4 Å². The third-order valence-electron chi connectivity index (χ3n) is 7.74. The number of carbonyl (C=O) groups excluding carboxylic acids is 2. The first-order chi connectivity index (χ1) is 18.5. The maximum atomic E-state index is 15.0. The Hall–Kier alpha value is -3.48. The third kappa shape index (κ3) is 5.49. The number of benzene rings is 1. The van der Waals surface area contributed by atoms with E-state index in [1.165, 1.54) is 18.1 Å². The number of fused-ring (bicyclic) bond motifs is 1. The number of nitrogens with zero attached hydrogens (tertiary/aromatic N) is 5. The molecule has 2 amide bonds. The predicted molar refractivity (Wildman–Crippen MR) is 138 cm³/mol. The molecule has 0 radical (unpaired) electrons. The van der Waals surface area contributed by atoms with Crippen molar-refractivity contribution in [3.63, 3.8) is 0 Å². The molecular formula is C26H31F4N7O2. The lowest BCUT2D eigenvalue weighted by molar-refractivity contribution is -0.140. The minimum Gasteiger partial charge on any atom is -0.349 e. The molecule has 2 N–H and O–H groups in total. The Bertz CT molecular complexity index is 1260. The topological polar surface area (TPSA) is 93.7 Å². The molecule has 2 aliphatic heterocycles. The number of nitrogens with one attached hydrogen (secondary N) is 2. The van der Waals surface area contributed by atoms with Crippen molar-refractivity contribution in [3.8, 4) is 0 Å². The number of rotatable bonds is 5. The van der Waals surface area contributed by atoms with Crippen molar-refractivity contribution in [1.29, 1.82) is 0 Å². The van der Waals surface area contributed by atoms with E-state index in [0.29, 0.717) is 25.7 Å². The van der Waals surface area contributed by atoms with Crippen LogP contribution >= 0.6 is 0 Å². The molecule has 2 fully saturated rings. The van der Waals surface area contributed by atoms with Gasteiger partial charge < -0.3 is 25.3 Å². The van der Waals surface area contributed by atoms with Crippen LogP contribution in [-0.2, 0) is 4.79 Å². The van der Waals surface area contributed by atoms with Gasteiger partial charge in [-0.15, -0.1) is 0 Å². The van der Waals surface area contributed by atoms with E-state index in [1.54, 1.807) is 0 Å². The quantitative estimate of drug-likeness (QED) is 0.550. The van der Waals surface area contributed by atoms with E-state index in [2.05, 4.69) is 25.5 Å². The smallest absolute Gasteiger partial charge is 0.342 e. The van der Waals surface area contributed by atoms with Crippen molar-refractivity contribution >= 4 is 35.0 Å². The highest BCUT2D eigenvalue weighted by Gasteiger charge is 2.48. The third-order valence-corrected chi connectivity index (χ3v) is 7.74. The normalized spacial score (nSPS) is 20.6. The van der Waals surface area contributed by atoms with Crippen molar-refractivity contribution in [2.45, 2.75) is 56.5 Å². The van der Waals surface area contributed by atoms with Gasteiger partial charge in [-0.05, 0) is 51.9 Å². The highest BCUT2D eigenvalue weighted by Crippen LogP contribution is 2.39. The Kier molecular flexibility index (Phi) is 7.36. The zero-order valence-electron chi connectivity index (χ0n) is 21.8. The number of amides is 2. The second-order valence-corrected chi connectivity index (χ2v) is 10.5. The number of piperidine rings is 1. The molecule has 3 heterocycles. The molecule has 3 aliphatic rings. The van der Waals surface area contributed by atoms with Gasteiger partial charge in [-0.25, -0.2) is 13.8 Å². The van der Waals surface area contributed by atoms with Crippen LogP contribution in [0.1, 0.15) is 48.9 Å². The summed E-state index contributed by atoms with van der Waals surface area (Å²) in [5.74, 6) is -7.59. The van der Waals surface area contributed by atoms with Crippen LogP contribution < -0.4 is 20.4 Å². The molecule has 1 saturated heterocycles. The highest BCUT2D eigenvalue weighted by molar-refractivity contribution is 6.02. The summed E-state index contributed by atoms with van der Waals surface area (Å²) < 4.78 is 59.5. The Morgan fingerprint density at radius 1 is 1.05 bits per heavy atom. The van der Waals surface area contributed by atoms with Crippen molar-refractivity contribution in [2.24, 2.45) is 0 Å². The fraction of sp³-hybridized carbons (Fsp3) is 0.538. The van der Waals surface area contributed by atoms with E-state index in [0.717, 1.165) is 43.0 Å². The van der Waals surface area contributed by atoms with Crippen LogP contribution in [0, 0.1) is 11.6 Å². The molecule has 5 rings (SSSR count). The van der Waals surface area contributed by atoms with Gasteiger partial charge in [-0.2, -0.15) is 13.8 Å². The zero-order valence-corrected chi connectivity index (χ0v) is 21.8. The zero-order chi connectivity index (χ0) is 27.9. The Balaban J connectivity index is 1.40. The number of alkyl halides is 2. The van der Waals surface area contributed by atoms with Crippen molar-refractivity contribution in [2.75, 3.05) is 48.8 Å². The van der Waals surface area contributed by atoms with Crippen molar-refractivity contribution in [3.05, 3.63) is 35.5 Å². The molecule has 1 aromatic heterocycles. The first kappa shape index (κ1) is 27.1. The van der Waals surface area contributed by atoms with Gasteiger partial charge in [0.05, 0.1) is 24.0 Å². The van der Waals surface area contributed by atoms with Crippen LogP contribution in [0.2, 0.25) is 0 Å². The minimum atomic E-state index is -3.63. The molecule has 1 aliphatic carbocycles. The Labute approximate surface area is 223 Å². The second kappa shape index (κ2) is 10.6. The Morgan fingerprint density at radius 3 is 2.44 bits per heavy atom. The van der Waals surface area contributed by atoms with Gasteiger partial charge in [0.25, 0.3) is 11.8 Å². The van der Waals surface area contributed by atoms with Gasteiger partial charge in [0.15, 0.2) is 5.82 Å². The van der Waals surface area contributed by atoms with Crippen molar-refractivity contribution < 1.29 is 27.2 Å². The summed E-state index contributed by atoms with van der Waals surface area (Å²) in [4.78, 5) is 37.9. The number of anilines is 4. The lowest BCUT2D eigenvalue weighted by Gasteiger charge is -2.31. The summed E-state index contributed by atoms with van der Waals surface area (Å²) >= 11 is 0. The number of hydrogen-bond donors (Lipinski definition) is 2. The lowest BCUT2D eigenvalue weighted by Crippen LogP contribution is -2.48. The molecule has 0 unspecified atom stereocenters. The van der Waals surface area contributed by atoms with Crippen LogP contribution in [0.4, 0.5) is 40.7 Å². The SMILES string of the molecule is CN1CCC(NC(=O)c2cc(F)c(Nc3ncc4c(n3)N(C3CCCC3)CC(F)(F)C(=O)N4C)cc2F)CC1. The van der Waals surface area contributed by atoms with Crippen LogP contribution in [0.15, 0.2) is 18.3 Å². The molecule has 9 nitrogen and oxygen atoms in total. The van der Waals surface area contributed by atoms with E-state index in [9.17, 15) is 22.8 Å². The number of hydrogen-bond acceptors (Lipinski definition) is 7. The summed E-state index contributed by atoms with van der Waals surface area (Å²) in [6.07, 6.45) is 5.71. The maximum Gasteiger partial charge on any atom is 0.342 e. The van der Waals surface area contributed by atoms with Gasteiger partial charge >= 0.3 is 5.92 Å². The average molecular weight is 550 g/mol. The van der Waals surface area contributed by atoms with Crippen LogP contribution in [0.5, 0.6) is 0 Å². The highest BCUT2D eigenvalue weighted by atomic mass is 19.3. The first-order valence-electron chi connectivity index (χ1n) is 13.1. The van der Waals surface area contributed by atoms with Crippen LogP contribution in [0.25, 0.3) is 0 Å². The molecule has 0 bridgehead atoms. The van der Waals surface area contributed by atoms with Gasteiger partial charge in [-0.3, -0.25) is 9.59 Å². The molecule has 1 aromatic carbocycles. The fourth-order valence-electron chi connectivity index (χ4n) is 5.46. The Morgan fingerprint density at radius 2 is 1.74 bits per heavy atom. The monoisotopic (exact) mass is 549 g/mol. The van der Waals surface area contributed by atoms with E-state index < -0.39 is 41.5 Å². The molecule has 39 heavy (non-hydrogen) atoms. The molecule has 1 saturated carbocycles. The fourth-order valence-corrected chi connectivity index (χ4v) is 5.46. The van der Waals surface area contributed by atoms with Gasteiger partial charge in [0, 0.05) is 25.2 Å². The molecule has 13 heteroatoms. The largest absolute Gasteiger partial charge is 0.349 e. The molecule has 0 spiro atoms. The summed E-state index contributed by atoms with van der Waals surface area (Å²) in [7, 11) is 3.21. The van der Waals surface area contributed by atoms with E-state index in [1.807, 2.05) is 7.05 Å². The maximum absolute atomic E-state index is 15.0. The minimum absolute atomic E-state index is 0.0993. The summed E-state index contributed by atoms with van der Waals surface area (Å²) in [6, 6.07) is 1.28. The van der Waals surface area contributed by atoms with E-state index in [4.69, 9.17) is 0 Å². The average Bonchev–Trinajstić information content (AvgIpc) is 3.42. The lowest BCUT2D eigenvalue weighted by atomic mass is 10.0. The summed E-state index contributed by atoms with van der Waals surface area (Å²) in [6.45, 7) is 0.755. The van der Waals surface area contributed by atoms with Crippen molar-refractivity contribution in [1.82, 2.24) is 20.2 Å². The summed E-state index contributed by atoms with van der Waals surface area (Å²) in [5.41, 5.74) is -0.643. The number of likely N-dealkylation sites (tertiary alicyclic amines) is 1. The summed E-state index contributed by atoms with van der Waals surface area (Å²) in [5, 5.41) is 5.36. The van der Waals surface area contributed by atoms with E-state index >= 15 is 4.39 Å². The number of aromatic nitrogens is 2. The number of carbonyl (C=O) groups is 2. The van der Waals surface area contributed by atoms with Gasteiger partial charge in [0.2, 0.25) is 5.95 Å².